The minimum atomic E-state index is -0.0184. The average molecular weight is 206 g/mol. The first-order chi connectivity index (χ1) is 7.31. The molecular formula is C12H14O3. The van der Waals surface area contributed by atoms with Crippen molar-refractivity contribution in [1.29, 1.82) is 0 Å². The van der Waals surface area contributed by atoms with Crippen LogP contribution < -0.4 is 9.47 Å². The number of rotatable bonds is 5. The van der Waals surface area contributed by atoms with Gasteiger partial charge in [-0.25, -0.2) is 0 Å². The molecule has 0 aliphatic heterocycles. The van der Waals surface area contributed by atoms with E-state index < -0.39 is 0 Å². The van der Waals surface area contributed by atoms with E-state index in [1.54, 1.807) is 25.3 Å². The van der Waals surface area contributed by atoms with Crippen LogP contribution in [-0.2, 0) is 6.61 Å². The summed E-state index contributed by atoms with van der Waals surface area (Å²) in [5, 5.41) is 8.97. The van der Waals surface area contributed by atoms with Crippen LogP contribution in [0.3, 0.4) is 0 Å². The summed E-state index contributed by atoms with van der Waals surface area (Å²) in [6, 6.07) is 5.29. The van der Waals surface area contributed by atoms with Crippen molar-refractivity contribution in [1.82, 2.24) is 0 Å². The predicted octanol–water partition coefficient (Wildman–Crippen LogP) is 1.59. The highest BCUT2D eigenvalue weighted by Crippen LogP contribution is 2.28. The predicted molar refractivity (Wildman–Crippen MR) is 57.9 cm³/mol. The van der Waals surface area contributed by atoms with Crippen LogP contribution >= 0.6 is 0 Å². The van der Waals surface area contributed by atoms with E-state index >= 15 is 0 Å². The summed E-state index contributed by atoms with van der Waals surface area (Å²) < 4.78 is 10.5. The van der Waals surface area contributed by atoms with E-state index in [1.807, 2.05) is 0 Å². The first-order valence-electron chi connectivity index (χ1n) is 4.66. The van der Waals surface area contributed by atoms with E-state index in [2.05, 4.69) is 5.92 Å². The van der Waals surface area contributed by atoms with Crippen molar-refractivity contribution < 1.29 is 14.6 Å². The number of ether oxygens (including phenoxy) is 2. The number of hydrogen-bond donors (Lipinski definition) is 1. The van der Waals surface area contributed by atoms with E-state index in [9.17, 15) is 0 Å². The lowest BCUT2D eigenvalue weighted by molar-refractivity contribution is 0.276. The quantitative estimate of drug-likeness (QED) is 0.587. The minimum Gasteiger partial charge on any atom is -0.493 e. The van der Waals surface area contributed by atoms with Crippen LogP contribution in [0.4, 0.5) is 0 Å². The molecule has 0 spiro atoms. The van der Waals surface area contributed by atoms with Crippen LogP contribution in [0.2, 0.25) is 0 Å². The fourth-order valence-corrected chi connectivity index (χ4v) is 1.15. The Morgan fingerprint density at radius 3 is 2.80 bits per heavy atom. The lowest BCUT2D eigenvalue weighted by Gasteiger charge is -2.10. The molecule has 0 aliphatic carbocycles. The van der Waals surface area contributed by atoms with Gasteiger partial charge in [0.25, 0.3) is 0 Å². The number of hydrogen-bond acceptors (Lipinski definition) is 3. The molecule has 0 amide bonds. The Hall–Kier alpha value is -1.66. The summed E-state index contributed by atoms with van der Waals surface area (Å²) in [6.45, 7) is 0.428. The van der Waals surface area contributed by atoms with Crippen molar-refractivity contribution >= 4 is 0 Å². The van der Waals surface area contributed by atoms with Crippen molar-refractivity contribution in [2.24, 2.45) is 0 Å². The largest absolute Gasteiger partial charge is 0.493 e. The standard InChI is InChI=1S/C12H14O3/c1-3-4-7-15-12-8-10(9-13)5-6-11(12)14-2/h1,5-6,8,13H,4,7,9H2,2H3. The topological polar surface area (TPSA) is 38.7 Å². The van der Waals surface area contributed by atoms with Crippen LogP contribution in [0.25, 0.3) is 0 Å². The Labute approximate surface area is 89.6 Å². The zero-order valence-corrected chi connectivity index (χ0v) is 8.69. The van der Waals surface area contributed by atoms with Gasteiger partial charge in [-0.1, -0.05) is 6.07 Å². The van der Waals surface area contributed by atoms with E-state index in [0.29, 0.717) is 24.5 Å². The fraction of sp³-hybridized carbons (Fsp3) is 0.333. The summed E-state index contributed by atoms with van der Waals surface area (Å²) in [7, 11) is 1.57. The highest BCUT2D eigenvalue weighted by atomic mass is 16.5. The molecule has 3 nitrogen and oxygen atoms in total. The molecule has 0 saturated heterocycles. The number of benzene rings is 1. The lowest BCUT2D eigenvalue weighted by Crippen LogP contribution is -1.99. The van der Waals surface area contributed by atoms with Gasteiger partial charge >= 0.3 is 0 Å². The molecule has 0 heterocycles. The van der Waals surface area contributed by atoms with Crippen molar-refractivity contribution in [3.05, 3.63) is 23.8 Å². The highest BCUT2D eigenvalue weighted by molar-refractivity contribution is 5.42. The normalized spacial score (nSPS) is 9.40. The van der Waals surface area contributed by atoms with Gasteiger partial charge in [0.05, 0.1) is 20.3 Å². The summed E-state index contributed by atoms with van der Waals surface area (Å²) in [6.07, 6.45) is 5.67. The average Bonchev–Trinajstić information content (AvgIpc) is 2.29. The van der Waals surface area contributed by atoms with Crippen LogP contribution in [0, 0.1) is 12.3 Å². The molecular weight excluding hydrogens is 192 g/mol. The molecule has 0 aliphatic rings. The van der Waals surface area contributed by atoms with Crippen LogP contribution in [-0.4, -0.2) is 18.8 Å². The van der Waals surface area contributed by atoms with Crippen LogP contribution in [0.5, 0.6) is 11.5 Å². The SMILES string of the molecule is C#CCCOc1cc(CO)ccc1OC. The molecule has 1 rings (SSSR count). The number of aliphatic hydroxyl groups is 1. The van der Waals surface area contributed by atoms with Crippen molar-refractivity contribution in [3.8, 4) is 23.8 Å². The van der Waals surface area contributed by atoms with E-state index in [1.165, 1.54) is 0 Å². The summed E-state index contributed by atoms with van der Waals surface area (Å²) in [5.41, 5.74) is 0.784. The molecule has 0 aromatic heterocycles. The molecule has 0 fully saturated rings. The number of methoxy groups -OCH3 is 1. The van der Waals surface area contributed by atoms with Gasteiger partial charge in [-0.3, -0.25) is 0 Å². The van der Waals surface area contributed by atoms with Gasteiger partial charge in [-0.15, -0.1) is 12.3 Å². The Morgan fingerprint density at radius 1 is 1.40 bits per heavy atom. The first kappa shape index (κ1) is 11.4. The second kappa shape index (κ2) is 5.94. The van der Waals surface area contributed by atoms with E-state index in [-0.39, 0.29) is 6.61 Å². The molecule has 1 N–H and O–H groups in total. The molecule has 0 radical (unpaired) electrons. The number of aliphatic hydroxyl groups excluding tert-OH is 1. The third kappa shape index (κ3) is 3.19. The smallest absolute Gasteiger partial charge is 0.161 e. The lowest BCUT2D eigenvalue weighted by atomic mass is 10.2. The third-order valence-electron chi connectivity index (χ3n) is 1.91. The monoisotopic (exact) mass is 206 g/mol. The van der Waals surface area contributed by atoms with Gasteiger partial charge in [0, 0.05) is 6.42 Å². The van der Waals surface area contributed by atoms with Gasteiger partial charge in [0.2, 0.25) is 0 Å². The van der Waals surface area contributed by atoms with Crippen molar-refractivity contribution in [3.63, 3.8) is 0 Å². The number of terminal acetylenes is 1. The molecule has 3 heteroatoms. The van der Waals surface area contributed by atoms with E-state index in [0.717, 1.165) is 5.56 Å². The summed E-state index contributed by atoms with van der Waals surface area (Å²) in [5.74, 6) is 3.74. The molecule has 1 aromatic carbocycles. The van der Waals surface area contributed by atoms with Gasteiger partial charge in [0.15, 0.2) is 11.5 Å². The minimum absolute atomic E-state index is 0.0184. The first-order valence-corrected chi connectivity index (χ1v) is 4.66. The Balaban J connectivity index is 2.77. The molecule has 1 aromatic rings. The van der Waals surface area contributed by atoms with Gasteiger partial charge < -0.3 is 14.6 Å². The molecule has 0 bridgehead atoms. The van der Waals surface area contributed by atoms with Gasteiger partial charge in [0.1, 0.15) is 0 Å². The van der Waals surface area contributed by atoms with Crippen molar-refractivity contribution in [2.75, 3.05) is 13.7 Å². The van der Waals surface area contributed by atoms with Gasteiger partial charge in [-0.2, -0.15) is 0 Å². The fourth-order valence-electron chi connectivity index (χ4n) is 1.15. The molecule has 80 valence electrons. The molecule has 15 heavy (non-hydrogen) atoms. The van der Waals surface area contributed by atoms with Crippen LogP contribution in [0.1, 0.15) is 12.0 Å². The van der Waals surface area contributed by atoms with Gasteiger partial charge in [-0.05, 0) is 17.7 Å². The maximum absolute atomic E-state index is 8.97. The Bertz CT molecular complexity index is 352. The second-order valence-electron chi connectivity index (χ2n) is 2.95. The Morgan fingerprint density at radius 2 is 2.20 bits per heavy atom. The van der Waals surface area contributed by atoms with Crippen LogP contribution in [0.15, 0.2) is 18.2 Å². The third-order valence-corrected chi connectivity index (χ3v) is 1.91. The molecule has 0 atom stereocenters. The zero-order chi connectivity index (χ0) is 11.1. The van der Waals surface area contributed by atoms with Crippen molar-refractivity contribution in [2.45, 2.75) is 13.0 Å². The molecule has 0 unspecified atom stereocenters. The highest BCUT2D eigenvalue weighted by Gasteiger charge is 2.04. The zero-order valence-electron chi connectivity index (χ0n) is 8.69. The summed E-state index contributed by atoms with van der Waals surface area (Å²) in [4.78, 5) is 0. The maximum Gasteiger partial charge on any atom is 0.161 e. The maximum atomic E-state index is 8.97. The van der Waals surface area contributed by atoms with E-state index in [4.69, 9.17) is 21.0 Å². The Kier molecular flexibility index (Phi) is 4.52. The second-order valence-corrected chi connectivity index (χ2v) is 2.95. The summed E-state index contributed by atoms with van der Waals surface area (Å²) >= 11 is 0. The molecule has 0 saturated carbocycles.